The van der Waals surface area contributed by atoms with Crippen molar-refractivity contribution >= 4 is 44.0 Å². The molecule has 30 heavy (non-hydrogen) atoms. The topological polar surface area (TPSA) is 134 Å². The number of alkyl halides is 1. The van der Waals surface area contributed by atoms with Gasteiger partial charge < -0.3 is 0 Å². The van der Waals surface area contributed by atoms with Crippen molar-refractivity contribution in [2.45, 2.75) is 26.2 Å². The van der Waals surface area contributed by atoms with Gasteiger partial charge in [-0.15, -0.1) is 0 Å². The minimum absolute atomic E-state index is 0.112. The van der Waals surface area contributed by atoms with Crippen molar-refractivity contribution in [3.63, 3.8) is 0 Å². The minimum atomic E-state index is -2.33. The molecule has 0 saturated heterocycles. The van der Waals surface area contributed by atoms with E-state index in [-0.39, 0.29) is 23.9 Å². The third-order valence-corrected chi connectivity index (χ3v) is 8.34. The van der Waals surface area contributed by atoms with E-state index in [1.54, 1.807) is 0 Å². The van der Waals surface area contributed by atoms with Crippen molar-refractivity contribution in [3.05, 3.63) is 44.5 Å². The van der Waals surface area contributed by atoms with Crippen LogP contribution >= 0.6 is 20.2 Å². The number of amides is 1. The number of rotatable bonds is 6. The zero-order chi connectivity index (χ0) is 22.1. The molecule has 2 rings (SSSR count). The van der Waals surface area contributed by atoms with E-state index >= 15 is 0 Å². The van der Waals surface area contributed by atoms with Gasteiger partial charge in [0.15, 0.2) is 0 Å². The molecule has 1 amide bonds. The van der Waals surface area contributed by atoms with Crippen molar-refractivity contribution in [1.82, 2.24) is 5.32 Å². The van der Waals surface area contributed by atoms with Crippen LogP contribution in [0.1, 0.15) is 26.2 Å². The summed E-state index contributed by atoms with van der Waals surface area (Å²) in [7, 11) is 1.25. The van der Waals surface area contributed by atoms with Gasteiger partial charge in [-0.25, -0.2) is 0 Å². The average Bonchev–Trinajstić information content (AvgIpc) is 2.71. The predicted octanol–water partition coefficient (Wildman–Crippen LogP) is 3.52. The van der Waals surface area contributed by atoms with Gasteiger partial charge in [-0.1, -0.05) is 0 Å². The van der Waals surface area contributed by atoms with Crippen LogP contribution in [0.5, 0.6) is 5.75 Å². The Balaban J connectivity index is 1.91. The van der Waals surface area contributed by atoms with Gasteiger partial charge in [-0.05, 0) is 0 Å². The zero-order valence-corrected chi connectivity index (χ0v) is 18.7. The Kier molecular flexibility index (Phi) is 8.57. The van der Waals surface area contributed by atoms with Crippen LogP contribution in [0.2, 0.25) is 0 Å². The number of methoxy groups -OCH3 is 1. The van der Waals surface area contributed by atoms with E-state index in [1.807, 2.05) is 17.1 Å². The van der Waals surface area contributed by atoms with E-state index in [0.29, 0.717) is 23.7 Å². The van der Waals surface area contributed by atoms with Crippen LogP contribution in [0.25, 0.3) is 0 Å². The summed E-state index contributed by atoms with van der Waals surface area (Å²) in [5, 5.41) is 13.3. The number of hydrogen-bond donors (Lipinski definition) is 1. The summed E-state index contributed by atoms with van der Waals surface area (Å²) in [6.07, 6.45) is 2.76. The fraction of sp³-hybridized carbons (Fsp3) is 0.421. The number of carbonyl (C=O) groups is 3. The second-order valence-electron chi connectivity index (χ2n) is 6.69. The van der Waals surface area contributed by atoms with Crippen LogP contribution in [-0.2, 0) is 17.4 Å². The molecule has 1 N–H and O–H groups in total. The molecular formula is C19H23IN2O8. The van der Waals surface area contributed by atoms with E-state index in [4.69, 9.17) is 7.80 Å². The Labute approximate surface area is 181 Å². The molecule has 1 aliphatic heterocycles. The van der Waals surface area contributed by atoms with Crippen LogP contribution in [0.4, 0.5) is 10.5 Å². The third kappa shape index (κ3) is 6.97. The van der Waals surface area contributed by atoms with Crippen molar-refractivity contribution < 1.29 is 31.8 Å². The number of halogens is 1. The summed E-state index contributed by atoms with van der Waals surface area (Å²) in [4.78, 5) is 46.0. The second-order valence-corrected chi connectivity index (χ2v) is 10.9. The van der Waals surface area contributed by atoms with Gasteiger partial charge >= 0.3 is 181 Å². The summed E-state index contributed by atoms with van der Waals surface area (Å²) in [5.74, 6) is -0.625. The summed E-state index contributed by atoms with van der Waals surface area (Å²) in [6.45, 7) is 1.63. The average molecular weight is 534 g/mol. The molecule has 0 saturated carbocycles. The number of nitrogens with zero attached hydrogens (tertiary/aromatic N) is 1. The number of nitro benzene ring substituents is 1. The van der Waals surface area contributed by atoms with E-state index in [2.05, 4.69) is 10.1 Å². The number of esters is 1. The van der Waals surface area contributed by atoms with E-state index in [0.717, 1.165) is 0 Å². The molecule has 0 radical (unpaired) electrons. The molecule has 10 nitrogen and oxygen atoms in total. The molecule has 1 aliphatic rings. The molecule has 1 atom stereocenters. The number of hydrogen-bond acceptors (Lipinski definition) is 8. The molecule has 11 heteroatoms. The first kappa shape index (κ1) is 23.6. The Hall–Kier alpha value is -2.70. The van der Waals surface area contributed by atoms with E-state index < -0.39 is 42.7 Å². The zero-order valence-electron chi connectivity index (χ0n) is 16.6. The van der Waals surface area contributed by atoms with Crippen molar-refractivity contribution in [1.29, 1.82) is 0 Å². The van der Waals surface area contributed by atoms with Gasteiger partial charge in [0.05, 0.1) is 0 Å². The second kappa shape index (κ2) is 10.9. The molecule has 0 spiro atoms. The Morgan fingerprint density at radius 1 is 1.23 bits per heavy atom. The number of nitrogens with one attached hydrogen (secondary N) is 1. The summed E-state index contributed by atoms with van der Waals surface area (Å²) in [5.41, 5.74) is -0.806. The molecule has 0 aromatic heterocycles. The first-order valence-corrected chi connectivity index (χ1v) is 12.7. The molecule has 164 valence electrons. The molecule has 0 aliphatic carbocycles. The molecule has 0 bridgehead atoms. The van der Waals surface area contributed by atoms with Crippen molar-refractivity contribution in [2.24, 2.45) is 5.41 Å². The predicted molar refractivity (Wildman–Crippen MR) is 115 cm³/mol. The van der Waals surface area contributed by atoms with Gasteiger partial charge in [-0.2, -0.15) is 0 Å². The number of non-ortho nitro benzene ring substituents is 1. The van der Waals surface area contributed by atoms with Gasteiger partial charge in [0.25, 0.3) is 0 Å². The quantitative estimate of drug-likeness (QED) is 0.146. The van der Waals surface area contributed by atoms with Crippen molar-refractivity contribution in [3.8, 4) is 5.75 Å². The Morgan fingerprint density at radius 2 is 1.93 bits per heavy atom. The van der Waals surface area contributed by atoms with Gasteiger partial charge in [0, 0.05) is 0 Å². The molecule has 1 heterocycles. The molecular weight excluding hydrogens is 511 g/mol. The van der Waals surface area contributed by atoms with Gasteiger partial charge in [0.2, 0.25) is 0 Å². The summed E-state index contributed by atoms with van der Waals surface area (Å²) >= 11 is -2.33. The van der Waals surface area contributed by atoms with Crippen LogP contribution in [0.3, 0.4) is 0 Å². The first-order chi connectivity index (χ1) is 14.2. The Morgan fingerprint density at radius 3 is 2.57 bits per heavy atom. The van der Waals surface area contributed by atoms with Crippen LogP contribution in [-0.4, -0.2) is 41.0 Å². The number of ether oxygens (including phenoxy) is 2. The fourth-order valence-electron chi connectivity index (χ4n) is 2.61. The first-order valence-electron chi connectivity index (χ1n) is 9.04. The van der Waals surface area contributed by atoms with Gasteiger partial charge in [0.1, 0.15) is 0 Å². The maximum absolute atomic E-state index is 12.5. The standard InChI is InChI=1S/C19H23IN2O8/c1-19(17(24)21-13-16(23)28-2)9-3-4-11-20(12-10-19)30-18(25)29-15-7-5-14(6-8-15)22(26)27/h4-8,11H,3,9-10,12-13H2,1-2H3,(H,21,24)/b11-4+/t19-/m1/s1. The van der Waals surface area contributed by atoms with Crippen LogP contribution in [0, 0.1) is 15.5 Å². The van der Waals surface area contributed by atoms with Gasteiger partial charge in [-0.3, -0.25) is 0 Å². The number of carbonyl (C=O) groups excluding carboxylic acids is 3. The summed E-state index contributed by atoms with van der Waals surface area (Å²) in [6, 6.07) is 5.10. The number of allylic oxidation sites excluding steroid dienone is 1. The number of nitro groups is 1. The normalized spacial score (nSPS) is 20.8. The number of benzene rings is 1. The van der Waals surface area contributed by atoms with Crippen LogP contribution in [0.15, 0.2) is 34.4 Å². The SMILES string of the molecule is COC(=O)CNC(=O)[C@]1(C)CC/C=C/I(OC(=O)Oc2ccc([N+](=O)[O-])cc2)CC1. The molecule has 1 aromatic carbocycles. The molecule has 1 aromatic rings. The monoisotopic (exact) mass is 534 g/mol. The van der Waals surface area contributed by atoms with Crippen LogP contribution < -0.4 is 10.1 Å². The van der Waals surface area contributed by atoms with E-state index in [1.165, 1.54) is 31.4 Å². The fourth-order valence-corrected chi connectivity index (χ4v) is 6.54. The molecule has 0 fully saturated rings. The van der Waals surface area contributed by atoms with E-state index in [9.17, 15) is 24.5 Å². The maximum atomic E-state index is 12.5. The Bertz CT molecular complexity index is 826. The molecule has 0 unspecified atom stereocenters. The third-order valence-electron chi connectivity index (χ3n) is 4.50. The van der Waals surface area contributed by atoms with Crippen molar-refractivity contribution in [2.75, 3.05) is 18.1 Å². The summed E-state index contributed by atoms with van der Waals surface area (Å²) < 4.78 is 17.5.